The highest BCUT2D eigenvalue weighted by molar-refractivity contribution is 7.92. The molecule has 0 saturated carbocycles. The van der Waals surface area contributed by atoms with Gasteiger partial charge in [-0.25, -0.2) is 23.4 Å². The molecule has 0 unspecified atom stereocenters. The number of aromatic nitrogens is 6. The minimum absolute atomic E-state index is 0. The first-order chi connectivity index (χ1) is 29.2. The lowest BCUT2D eigenvalue weighted by molar-refractivity contribution is -0.126. The van der Waals surface area contributed by atoms with Gasteiger partial charge in [0.2, 0.25) is 5.78 Å². The van der Waals surface area contributed by atoms with Crippen molar-refractivity contribution in [3.63, 3.8) is 0 Å². The first-order valence-electron chi connectivity index (χ1n) is 19.9. The summed E-state index contributed by atoms with van der Waals surface area (Å²) in [6, 6.07) is 16.9. The molecule has 324 valence electrons. The Bertz CT molecular complexity index is 2390. The zero-order valence-corrected chi connectivity index (χ0v) is 34.9. The Morgan fingerprint density at radius 1 is 0.833 bits per heavy atom. The van der Waals surface area contributed by atoms with Crippen LogP contribution >= 0.6 is 0 Å². The van der Waals surface area contributed by atoms with Gasteiger partial charge in [-0.3, -0.25) is 23.9 Å². The van der Waals surface area contributed by atoms with E-state index in [9.17, 15) is 18.0 Å². The molecule has 0 aliphatic carbocycles. The predicted octanol–water partition coefficient (Wildman–Crippen LogP) is 6.02. The number of carbonyl (C=O) groups is 3. The number of pyridine rings is 1. The van der Waals surface area contributed by atoms with E-state index in [1.807, 2.05) is 13.8 Å². The molecule has 0 spiro atoms. The van der Waals surface area contributed by atoms with Crippen LogP contribution in [0.15, 0.2) is 96.7 Å². The van der Waals surface area contributed by atoms with Gasteiger partial charge < -0.3 is 24.8 Å². The van der Waals surface area contributed by atoms with E-state index in [0.29, 0.717) is 73.1 Å². The molecule has 6 heterocycles. The molecule has 17 heteroatoms. The van der Waals surface area contributed by atoms with Crippen LogP contribution in [0.3, 0.4) is 0 Å². The molecule has 60 heavy (non-hydrogen) atoms. The molecule has 0 atom stereocenters. The number of imidazole rings is 1. The van der Waals surface area contributed by atoms with Gasteiger partial charge in [-0.05, 0) is 72.9 Å². The molecule has 2 amide bonds. The summed E-state index contributed by atoms with van der Waals surface area (Å²) in [6.45, 7) is 7.89. The van der Waals surface area contributed by atoms with Crippen LogP contribution in [0.5, 0.6) is 0 Å². The first kappa shape index (κ1) is 45.1. The van der Waals surface area contributed by atoms with Crippen LogP contribution in [-0.4, -0.2) is 95.0 Å². The predicted molar refractivity (Wildman–Crippen MR) is 231 cm³/mol. The number of benzene rings is 2. The van der Waals surface area contributed by atoms with E-state index in [0.717, 1.165) is 54.9 Å². The summed E-state index contributed by atoms with van der Waals surface area (Å²) < 4.78 is 41.6. The fraction of sp³-hybridized carbons (Fsp3) is 0.372. The standard InChI is InChI=1S/C20H22N4O2.C19H20N4O4S.C2H4O2.C2H6.3H2/c25-19(18-13-23-20-21-7-8-24(20)14-18)22-12-17-3-1-15(2-4-17)11-16-5-9-26-10-6-16;24-19(15-9-14-12-22-23-18(14)20-11-15)21-10-13-1-3-16(4-2-13)28(25,26)17-5-7-27-8-6-17;1-4-2-3;1-2;;;/h1-4,7-8,13-14,16H,5-6,9-12H2,(H,22,25);1-4,9,11-12,17H,5-8,10H2,(H,21,24)(H,20,22,23);2H,1H3;1-2H3;3*1H. The van der Waals surface area contributed by atoms with Crippen molar-refractivity contribution in [3.8, 4) is 0 Å². The summed E-state index contributed by atoms with van der Waals surface area (Å²) >= 11 is 0. The smallest absolute Gasteiger partial charge is 0.292 e. The summed E-state index contributed by atoms with van der Waals surface area (Å²) in [7, 11) is -2.04. The molecule has 2 fully saturated rings. The van der Waals surface area contributed by atoms with Crippen molar-refractivity contribution in [1.82, 2.24) is 40.2 Å². The van der Waals surface area contributed by atoms with Crippen molar-refractivity contribution in [1.29, 1.82) is 0 Å². The molecule has 0 radical (unpaired) electrons. The molecule has 2 saturated heterocycles. The molecule has 2 aliphatic heterocycles. The van der Waals surface area contributed by atoms with Crippen molar-refractivity contribution in [2.45, 2.75) is 69.2 Å². The number of nitrogens with zero attached hydrogens (tertiary/aromatic N) is 5. The Balaban J connectivity index is 0.000000371. The number of carbonyl (C=O) groups excluding carboxylic acids is 3. The minimum atomic E-state index is -3.35. The quantitative estimate of drug-likeness (QED) is 0.128. The number of fused-ring (bicyclic) bond motifs is 2. The normalized spacial score (nSPS) is 14.3. The lowest BCUT2D eigenvalue weighted by atomic mass is 9.92. The summed E-state index contributed by atoms with van der Waals surface area (Å²) in [4.78, 5) is 46.3. The van der Waals surface area contributed by atoms with E-state index >= 15 is 0 Å². The lowest BCUT2D eigenvalue weighted by Gasteiger charge is -2.22. The summed E-state index contributed by atoms with van der Waals surface area (Å²) in [6.07, 6.45) is 14.3. The molecule has 8 rings (SSSR count). The average molecular weight is 847 g/mol. The monoisotopic (exact) mass is 846 g/mol. The maximum Gasteiger partial charge on any atom is 0.292 e. The van der Waals surface area contributed by atoms with Gasteiger partial charge >= 0.3 is 0 Å². The topological polar surface area (TPSA) is 209 Å². The highest BCUT2D eigenvalue weighted by atomic mass is 32.2. The largest absolute Gasteiger partial charge is 0.471 e. The van der Waals surface area contributed by atoms with Crippen molar-refractivity contribution >= 4 is 44.9 Å². The highest BCUT2D eigenvalue weighted by Crippen LogP contribution is 2.24. The number of H-pyrrole nitrogens is 1. The average Bonchev–Trinajstić information content (AvgIpc) is 3.99. The van der Waals surface area contributed by atoms with E-state index in [1.54, 1.807) is 65.7 Å². The Morgan fingerprint density at radius 3 is 2.03 bits per heavy atom. The fourth-order valence-electron chi connectivity index (χ4n) is 6.52. The van der Waals surface area contributed by atoms with Crippen LogP contribution in [-0.2, 0) is 48.4 Å². The van der Waals surface area contributed by atoms with Gasteiger partial charge in [-0.15, -0.1) is 0 Å². The number of hydrogen-bond acceptors (Lipinski definition) is 12. The zero-order chi connectivity index (χ0) is 42.7. The molecular formula is C43H58N8O8S. The highest BCUT2D eigenvalue weighted by Gasteiger charge is 2.29. The number of ether oxygens (including phenoxy) is 3. The van der Waals surface area contributed by atoms with Gasteiger partial charge in [0, 0.05) is 80.2 Å². The Morgan fingerprint density at radius 2 is 1.40 bits per heavy atom. The molecular weight excluding hydrogens is 789 g/mol. The number of methoxy groups -OCH3 is 1. The van der Waals surface area contributed by atoms with Gasteiger partial charge in [-0.2, -0.15) is 5.10 Å². The second-order valence-corrected chi connectivity index (χ2v) is 16.0. The van der Waals surface area contributed by atoms with Gasteiger partial charge in [0.15, 0.2) is 15.5 Å². The van der Waals surface area contributed by atoms with Gasteiger partial charge in [-0.1, -0.05) is 50.2 Å². The molecule has 4 aromatic heterocycles. The summed E-state index contributed by atoms with van der Waals surface area (Å²) in [5, 5.41) is 12.7. The van der Waals surface area contributed by atoms with Crippen LogP contribution in [0.1, 0.15) is 81.2 Å². The van der Waals surface area contributed by atoms with Crippen LogP contribution < -0.4 is 10.6 Å². The number of amides is 2. The second-order valence-electron chi connectivity index (χ2n) is 13.8. The van der Waals surface area contributed by atoms with E-state index < -0.39 is 15.1 Å². The van der Waals surface area contributed by atoms with Crippen LogP contribution in [0.25, 0.3) is 16.8 Å². The SMILES string of the molecule is CC.COC=O.O=C(NCc1ccc(CC2CCOCC2)cc1)c1cnc2nccn2c1.O=C(NCc1ccc(S(=O)(=O)C2CCOCC2)cc1)c1cnc2[nH]ncc2c1.[HH].[HH].[HH]. The van der Waals surface area contributed by atoms with Gasteiger partial charge in [0.05, 0.1) is 34.6 Å². The van der Waals surface area contributed by atoms with E-state index in [1.165, 1.54) is 18.9 Å². The van der Waals surface area contributed by atoms with Crippen molar-refractivity contribution in [3.05, 3.63) is 120 Å². The Hall–Kier alpha value is -6.04. The first-order valence-corrected chi connectivity index (χ1v) is 21.4. The maximum absolute atomic E-state index is 12.7. The zero-order valence-electron chi connectivity index (χ0n) is 34.1. The maximum atomic E-state index is 12.7. The van der Waals surface area contributed by atoms with Crippen molar-refractivity contribution < 1.29 is 41.3 Å². The van der Waals surface area contributed by atoms with E-state index in [4.69, 9.17) is 14.3 Å². The van der Waals surface area contributed by atoms with Crippen LogP contribution in [0, 0.1) is 5.92 Å². The third kappa shape index (κ3) is 12.7. The number of aromatic amines is 1. The van der Waals surface area contributed by atoms with Gasteiger partial charge in [0.1, 0.15) is 0 Å². The number of hydrogen-bond donors (Lipinski definition) is 3. The van der Waals surface area contributed by atoms with Crippen LogP contribution in [0.2, 0.25) is 0 Å². The summed E-state index contributed by atoms with van der Waals surface area (Å²) in [5.41, 5.74) is 4.83. The summed E-state index contributed by atoms with van der Waals surface area (Å²) in [5.74, 6) is 0.912. The van der Waals surface area contributed by atoms with E-state index in [-0.39, 0.29) is 16.1 Å². The molecule has 2 aromatic carbocycles. The van der Waals surface area contributed by atoms with Gasteiger partial charge in [0.25, 0.3) is 18.3 Å². The Labute approximate surface area is 353 Å². The van der Waals surface area contributed by atoms with Crippen molar-refractivity contribution in [2.75, 3.05) is 33.5 Å². The molecule has 2 aliphatic rings. The molecule has 0 bridgehead atoms. The number of rotatable bonds is 11. The van der Waals surface area contributed by atoms with E-state index in [2.05, 4.69) is 64.8 Å². The fourth-order valence-corrected chi connectivity index (χ4v) is 8.23. The second kappa shape index (κ2) is 22.9. The third-order valence-corrected chi connectivity index (χ3v) is 12.1. The minimum Gasteiger partial charge on any atom is -0.471 e. The third-order valence-electron chi connectivity index (χ3n) is 9.81. The number of nitrogens with one attached hydrogen (secondary N) is 3. The van der Waals surface area contributed by atoms with Crippen LogP contribution in [0.4, 0.5) is 0 Å². The Kier molecular flexibility index (Phi) is 17.2. The molecule has 6 aromatic rings. The lowest BCUT2D eigenvalue weighted by Crippen LogP contribution is -2.29. The molecule has 3 N–H and O–H groups in total. The molecule has 16 nitrogen and oxygen atoms in total. The van der Waals surface area contributed by atoms with Crippen molar-refractivity contribution in [2.24, 2.45) is 5.92 Å². The number of sulfone groups is 1.